The molecule has 0 radical (unpaired) electrons. The Bertz CT molecular complexity index is 1030. The lowest BCUT2D eigenvalue weighted by Gasteiger charge is -2.21. The maximum Gasteiger partial charge on any atom is 0.247 e. The van der Waals surface area contributed by atoms with Gasteiger partial charge in [0.25, 0.3) is 0 Å². The van der Waals surface area contributed by atoms with Gasteiger partial charge in [-0.05, 0) is 59.9 Å². The van der Waals surface area contributed by atoms with E-state index in [0.29, 0.717) is 31.2 Å². The van der Waals surface area contributed by atoms with E-state index >= 15 is 0 Å². The minimum atomic E-state index is -0.0674. The number of ether oxygens (including phenoxy) is 2. The molecule has 0 saturated heterocycles. The first-order chi connectivity index (χ1) is 15.6. The van der Waals surface area contributed by atoms with Crippen LogP contribution in [0.5, 0.6) is 11.5 Å². The molecule has 1 heterocycles. The smallest absolute Gasteiger partial charge is 0.247 e. The van der Waals surface area contributed by atoms with Crippen molar-refractivity contribution in [3.05, 3.63) is 95.3 Å². The Morgan fingerprint density at radius 2 is 1.72 bits per heavy atom. The van der Waals surface area contributed by atoms with Gasteiger partial charge in [-0.3, -0.25) is 9.78 Å². The molecule has 0 saturated carbocycles. The molecule has 0 aliphatic heterocycles. The van der Waals surface area contributed by atoms with Crippen LogP contribution in [0.3, 0.4) is 0 Å². The molecule has 0 atom stereocenters. The Hall–Kier alpha value is -3.60. The van der Waals surface area contributed by atoms with Crippen molar-refractivity contribution in [3.8, 4) is 11.5 Å². The number of aryl methyl sites for hydroxylation is 1. The summed E-state index contributed by atoms with van der Waals surface area (Å²) in [5.74, 6) is 1.26. The summed E-state index contributed by atoms with van der Waals surface area (Å²) >= 11 is 0. The summed E-state index contributed by atoms with van der Waals surface area (Å²) in [5, 5.41) is 0. The lowest BCUT2D eigenvalue weighted by atomic mass is 10.1. The zero-order chi connectivity index (χ0) is 22.8. The van der Waals surface area contributed by atoms with E-state index in [1.807, 2.05) is 42.2 Å². The zero-order valence-corrected chi connectivity index (χ0v) is 19.0. The molecule has 0 spiro atoms. The van der Waals surface area contributed by atoms with E-state index in [2.05, 4.69) is 36.2 Å². The van der Waals surface area contributed by atoms with Crippen LogP contribution in [0.15, 0.2) is 73.1 Å². The number of benzene rings is 2. The molecule has 32 heavy (non-hydrogen) atoms. The lowest BCUT2D eigenvalue weighted by Crippen LogP contribution is -2.28. The van der Waals surface area contributed by atoms with Crippen molar-refractivity contribution in [2.45, 2.75) is 33.4 Å². The normalized spacial score (nSPS) is 10.8. The monoisotopic (exact) mass is 430 g/mol. The number of rotatable bonds is 10. The van der Waals surface area contributed by atoms with E-state index in [1.165, 1.54) is 5.56 Å². The number of aromatic nitrogens is 1. The molecule has 0 aliphatic rings. The van der Waals surface area contributed by atoms with E-state index in [1.54, 1.807) is 31.7 Å². The van der Waals surface area contributed by atoms with Crippen molar-refractivity contribution in [3.63, 3.8) is 0 Å². The first kappa shape index (κ1) is 23.1. The van der Waals surface area contributed by atoms with Crippen LogP contribution in [0.1, 0.15) is 36.1 Å². The molecule has 1 amide bonds. The second kappa shape index (κ2) is 11.7. The van der Waals surface area contributed by atoms with Crippen LogP contribution in [-0.4, -0.2) is 29.5 Å². The molecule has 166 valence electrons. The fraction of sp³-hybridized carbons (Fsp3) is 0.259. The van der Waals surface area contributed by atoms with Crippen LogP contribution < -0.4 is 9.47 Å². The maximum absolute atomic E-state index is 13.1. The summed E-state index contributed by atoms with van der Waals surface area (Å²) in [5.41, 5.74) is 4.23. The fourth-order valence-corrected chi connectivity index (χ4v) is 3.36. The topological polar surface area (TPSA) is 51.7 Å². The zero-order valence-electron chi connectivity index (χ0n) is 19.0. The number of methoxy groups -OCH3 is 1. The van der Waals surface area contributed by atoms with Crippen LogP contribution in [0, 0.1) is 0 Å². The molecule has 0 fully saturated rings. The summed E-state index contributed by atoms with van der Waals surface area (Å²) in [4.78, 5) is 19.1. The maximum atomic E-state index is 13.1. The standard InChI is InChI=1S/C27H30N2O3/c1-4-21-8-10-23(11-9-21)19-29(20-24-7-6-16-28-18-24)27(30)15-13-22-12-14-25(31-3)26(17-22)32-5-2/h6-18H,4-5,19-20H2,1-3H3/b15-13+. The number of amides is 1. The van der Waals surface area contributed by atoms with Gasteiger partial charge >= 0.3 is 0 Å². The Balaban J connectivity index is 1.79. The summed E-state index contributed by atoms with van der Waals surface area (Å²) < 4.78 is 11.0. The number of carbonyl (C=O) groups is 1. The van der Waals surface area contributed by atoms with E-state index < -0.39 is 0 Å². The highest BCUT2D eigenvalue weighted by Gasteiger charge is 2.13. The van der Waals surface area contributed by atoms with Crippen molar-refractivity contribution in [1.29, 1.82) is 0 Å². The SMILES string of the molecule is CCOc1cc(/C=C/C(=O)N(Cc2ccc(CC)cc2)Cc2cccnc2)ccc1OC. The average molecular weight is 431 g/mol. The summed E-state index contributed by atoms with van der Waals surface area (Å²) in [7, 11) is 1.61. The molecule has 0 unspecified atom stereocenters. The largest absolute Gasteiger partial charge is 0.493 e. The van der Waals surface area contributed by atoms with Crippen LogP contribution in [0.4, 0.5) is 0 Å². The minimum absolute atomic E-state index is 0.0674. The second-order valence-electron chi connectivity index (χ2n) is 7.40. The number of nitrogens with zero attached hydrogens (tertiary/aromatic N) is 2. The van der Waals surface area contributed by atoms with Gasteiger partial charge in [-0.1, -0.05) is 43.3 Å². The molecule has 0 bridgehead atoms. The van der Waals surface area contributed by atoms with Gasteiger partial charge in [0.15, 0.2) is 11.5 Å². The first-order valence-electron chi connectivity index (χ1n) is 10.9. The first-order valence-corrected chi connectivity index (χ1v) is 10.9. The van der Waals surface area contributed by atoms with E-state index in [9.17, 15) is 4.79 Å². The highest BCUT2D eigenvalue weighted by molar-refractivity contribution is 5.91. The van der Waals surface area contributed by atoms with Gasteiger partial charge in [-0.2, -0.15) is 0 Å². The third-order valence-corrected chi connectivity index (χ3v) is 5.12. The highest BCUT2D eigenvalue weighted by Crippen LogP contribution is 2.28. The summed E-state index contributed by atoms with van der Waals surface area (Å²) in [6.07, 6.45) is 7.93. The van der Waals surface area contributed by atoms with Crippen molar-refractivity contribution in [2.75, 3.05) is 13.7 Å². The lowest BCUT2D eigenvalue weighted by molar-refractivity contribution is -0.127. The molecule has 0 aliphatic carbocycles. The third kappa shape index (κ3) is 6.45. The molecule has 1 aromatic heterocycles. The van der Waals surface area contributed by atoms with Gasteiger partial charge in [-0.25, -0.2) is 0 Å². The van der Waals surface area contributed by atoms with Crippen molar-refractivity contribution in [2.24, 2.45) is 0 Å². The van der Waals surface area contributed by atoms with Gasteiger partial charge in [-0.15, -0.1) is 0 Å². The van der Waals surface area contributed by atoms with Crippen LogP contribution >= 0.6 is 0 Å². The quantitative estimate of drug-likeness (QED) is 0.410. The molecule has 5 nitrogen and oxygen atoms in total. The summed E-state index contributed by atoms with van der Waals surface area (Å²) in [6.45, 7) is 5.61. The Labute approximate surface area is 190 Å². The highest BCUT2D eigenvalue weighted by atomic mass is 16.5. The number of hydrogen-bond donors (Lipinski definition) is 0. The van der Waals surface area contributed by atoms with Crippen molar-refractivity contribution >= 4 is 12.0 Å². The predicted molar refractivity (Wildman–Crippen MR) is 128 cm³/mol. The van der Waals surface area contributed by atoms with Gasteiger partial charge in [0.2, 0.25) is 5.91 Å². The molecular weight excluding hydrogens is 400 g/mol. The fourth-order valence-electron chi connectivity index (χ4n) is 3.36. The van der Waals surface area contributed by atoms with Gasteiger partial charge < -0.3 is 14.4 Å². The molecule has 0 N–H and O–H groups in total. The van der Waals surface area contributed by atoms with Crippen molar-refractivity contribution < 1.29 is 14.3 Å². The number of pyridine rings is 1. The van der Waals surface area contributed by atoms with Gasteiger partial charge in [0.1, 0.15) is 0 Å². The van der Waals surface area contributed by atoms with E-state index in [-0.39, 0.29) is 5.91 Å². The van der Waals surface area contributed by atoms with Gasteiger partial charge in [0, 0.05) is 31.6 Å². The van der Waals surface area contributed by atoms with E-state index in [4.69, 9.17) is 9.47 Å². The Morgan fingerprint density at radius 1 is 0.969 bits per heavy atom. The van der Waals surface area contributed by atoms with Crippen molar-refractivity contribution in [1.82, 2.24) is 9.88 Å². The Kier molecular flexibility index (Phi) is 8.44. The van der Waals surface area contributed by atoms with E-state index in [0.717, 1.165) is 23.1 Å². The van der Waals surface area contributed by atoms with Gasteiger partial charge in [0.05, 0.1) is 13.7 Å². The minimum Gasteiger partial charge on any atom is -0.493 e. The molecule has 3 aromatic rings. The second-order valence-corrected chi connectivity index (χ2v) is 7.40. The van der Waals surface area contributed by atoms with Crippen LogP contribution in [-0.2, 0) is 24.3 Å². The average Bonchev–Trinajstić information content (AvgIpc) is 2.83. The van der Waals surface area contributed by atoms with Crippen LogP contribution in [0.2, 0.25) is 0 Å². The molecular formula is C27H30N2O3. The van der Waals surface area contributed by atoms with Crippen LogP contribution in [0.25, 0.3) is 6.08 Å². The molecule has 5 heteroatoms. The number of hydrogen-bond acceptors (Lipinski definition) is 4. The Morgan fingerprint density at radius 3 is 2.38 bits per heavy atom. The molecule has 2 aromatic carbocycles. The summed E-state index contributed by atoms with van der Waals surface area (Å²) in [6, 6.07) is 17.9. The predicted octanol–water partition coefficient (Wildman–Crippen LogP) is 5.29. The molecule has 3 rings (SSSR count). The third-order valence-electron chi connectivity index (χ3n) is 5.12. The number of carbonyl (C=O) groups excluding carboxylic acids is 1.